The van der Waals surface area contributed by atoms with Crippen LogP contribution in [0.15, 0.2) is 78.9 Å². The zero-order chi connectivity index (χ0) is 22.9. The van der Waals surface area contributed by atoms with Gasteiger partial charge in [-0.1, -0.05) is 66.7 Å². The van der Waals surface area contributed by atoms with E-state index in [2.05, 4.69) is 10.6 Å². The molecule has 2 N–H and O–H groups in total. The van der Waals surface area contributed by atoms with Crippen molar-refractivity contribution in [3.8, 4) is 0 Å². The van der Waals surface area contributed by atoms with Gasteiger partial charge in [-0.2, -0.15) is 0 Å². The molecule has 3 rings (SSSR count). The standard InChI is InChI=1S/C24H23N3O5/c1-17-12-13-20(27(30)31)15-21(17)25-23(28)22(14-18-8-4-2-5-9-18)26-24(29)32-16-19-10-6-3-7-11-19/h2-13,15,22H,14,16H2,1H3,(H,25,28)(H,26,29)/t22-/m0/s1. The lowest BCUT2D eigenvalue weighted by Crippen LogP contribution is -2.45. The molecule has 0 saturated carbocycles. The maximum atomic E-state index is 13.0. The van der Waals surface area contributed by atoms with Crippen molar-refractivity contribution < 1.29 is 19.2 Å². The molecule has 0 spiro atoms. The van der Waals surface area contributed by atoms with Gasteiger partial charge >= 0.3 is 6.09 Å². The fourth-order valence-corrected chi connectivity index (χ4v) is 3.04. The van der Waals surface area contributed by atoms with Crippen LogP contribution in [0.1, 0.15) is 16.7 Å². The molecule has 2 amide bonds. The molecule has 0 aliphatic rings. The van der Waals surface area contributed by atoms with Gasteiger partial charge in [-0.05, 0) is 23.6 Å². The number of anilines is 1. The van der Waals surface area contributed by atoms with E-state index in [0.717, 1.165) is 11.1 Å². The highest BCUT2D eigenvalue weighted by atomic mass is 16.6. The number of amides is 2. The highest BCUT2D eigenvalue weighted by molar-refractivity contribution is 5.97. The van der Waals surface area contributed by atoms with Crippen LogP contribution in [0.4, 0.5) is 16.2 Å². The lowest BCUT2D eigenvalue weighted by molar-refractivity contribution is -0.384. The van der Waals surface area contributed by atoms with Crippen molar-refractivity contribution in [2.24, 2.45) is 0 Å². The van der Waals surface area contributed by atoms with E-state index in [1.165, 1.54) is 12.1 Å². The van der Waals surface area contributed by atoms with Crippen LogP contribution in [0.3, 0.4) is 0 Å². The van der Waals surface area contributed by atoms with Crippen LogP contribution >= 0.6 is 0 Å². The molecule has 8 nitrogen and oxygen atoms in total. The molecule has 3 aromatic carbocycles. The molecule has 0 unspecified atom stereocenters. The van der Waals surface area contributed by atoms with E-state index in [9.17, 15) is 19.7 Å². The Morgan fingerprint density at radius 2 is 1.59 bits per heavy atom. The van der Waals surface area contributed by atoms with Gasteiger partial charge in [0.05, 0.1) is 10.6 Å². The van der Waals surface area contributed by atoms with E-state index in [-0.39, 0.29) is 18.7 Å². The van der Waals surface area contributed by atoms with Crippen molar-refractivity contribution in [1.29, 1.82) is 0 Å². The minimum Gasteiger partial charge on any atom is -0.445 e. The van der Waals surface area contributed by atoms with Gasteiger partial charge < -0.3 is 15.4 Å². The molecule has 0 radical (unpaired) electrons. The summed E-state index contributed by atoms with van der Waals surface area (Å²) in [5, 5.41) is 16.4. The second kappa shape index (κ2) is 10.7. The van der Waals surface area contributed by atoms with Crippen molar-refractivity contribution in [3.05, 3.63) is 106 Å². The number of nitro benzene ring substituents is 1. The summed E-state index contributed by atoms with van der Waals surface area (Å²) in [5.74, 6) is -0.505. The van der Waals surface area contributed by atoms with E-state index >= 15 is 0 Å². The van der Waals surface area contributed by atoms with Crippen molar-refractivity contribution >= 4 is 23.4 Å². The van der Waals surface area contributed by atoms with Crippen LogP contribution in [-0.4, -0.2) is 23.0 Å². The van der Waals surface area contributed by atoms with Crippen molar-refractivity contribution in [1.82, 2.24) is 5.32 Å². The van der Waals surface area contributed by atoms with Crippen LogP contribution < -0.4 is 10.6 Å². The summed E-state index contributed by atoms with van der Waals surface area (Å²) in [6.45, 7) is 1.80. The Hall–Kier alpha value is -4.20. The first-order valence-electron chi connectivity index (χ1n) is 9.99. The van der Waals surface area contributed by atoms with Crippen LogP contribution in [0.2, 0.25) is 0 Å². The molecule has 0 aliphatic carbocycles. The van der Waals surface area contributed by atoms with Gasteiger partial charge in [0.1, 0.15) is 12.6 Å². The first-order valence-corrected chi connectivity index (χ1v) is 9.99. The molecule has 0 bridgehead atoms. The highest BCUT2D eigenvalue weighted by Gasteiger charge is 2.23. The molecule has 0 saturated heterocycles. The number of alkyl carbamates (subject to hydrolysis) is 1. The minimum absolute atomic E-state index is 0.0658. The topological polar surface area (TPSA) is 111 Å². The average Bonchev–Trinajstić information content (AvgIpc) is 2.80. The molecule has 32 heavy (non-hydrogen) atoms. The van der Waals surface area contributed by atoms with E-state index in [1.54, 1.807) is 13.0 Å². The molecular weight excluding hydrogens is 410 g/mol. The number of non-ortho nitro benzene ring substituents is 1. The Balaban J connectivity index is 1.73. The van der Waals surface area contributed by atoms with Crippen LogP contribution in [0.25, 0.3) is 0 Å². The van der Waals surface area contributed by atoms with Crippen LogP contribution in [0, 0.1) is 17.0 Å². The molecule has 0 heterocycles. The Kier molecular flexibility index (Phi) is 7.53. The van der Waals surface area contributed by atoms with Gasteiger partial charge in [0.2, 0.25) is 5.91 Å². The predicted molar refractivity (Wildman–Crippen MR) is 120 cm³/mol. The Morgan fingerprint density at radius 3 is 2.22 bits per heavy atom. The summed E-state index contributed by atoms with van der Waals surface area (Å²) in [6, 6.07) is 21.7. The summed E-state index contributed by atoms with van der Waals surface area (Å²) >= 11 is 0. The number of benzene rings is 3. The highest BCUT2D eigenvalue weighted by Crippen LogP contribution is 2.22. The normalized spacial score (nSPS) is 11.3. The summed E-state index contributed by atoms with van der Waals surface area (Å²) in [7, 11) is 0. The lowest BCUT2D eigenvalue weighted by atomic mass is 10.0. The number of hydrogen-bond acceptors (Lipinski definition) is 5. The number of carbonyl (C=O) groups is 2. The zero-order valence-electron chi connectivity index (χ0n) is 17.5. The third kappa shape index (κ3) is 6.40. The SMILES string of the molecule is Cc1ccc([N+](=O)[O-])cc1NC(=O)[C@H](Cc1ccccc1)NC(=O)OCc1ccccc1. The van der Waals surface area contributed by atoms with Gasteiger partial charge in [-0.25, -0.2) is 4.79 Å². The molecule has 0 aliphatic heterocycles. The summed E-state index contributed by atoms with van der Waals surface area (Å²) in [6.07, 6.45) is -0.512. The van der Waals surface area contributed by atoms with E-state index in [0.29, 0.717) is 11.3 Å². The Labute approximate surface area is 185 Å². The molecule has 164 valence electrons. The third-order valence-electron chi connectivity index (χ3n) is 4.79. The zero-order valence-corrected chi connectivity index (χ0v) is 17.5. The molecule has 0 fully saturated rings. The lowest BCUT2D eigenvalue weighted by Gasteiger charge is -2.19. The van der Waals surface area contributed by atoms with Crippen LogP contribution in [-0.2, 0) is 22.6 Å². The van der Waals surface area contributed by atoms with Gasteiger partial charge in [0, 0.05) is 18.6 Å². The average molecular weight is 433 g/mol. The Morgan fingerprint density at radius 1 is 0.969 bits per heavy atom. The Bertz CT molecular complexity index is 1090. The molecule has 0 aromatic heterocycles. The third-order valence-corrected chi connectivity index (χ3v) is 4.79. The van der Waals surface area contributed by atoms with Gasteiger partial charge in [0.25, 0.3) is 5.69 Å². The maximum absolute atomic E-state index is 13.0. The molecule has 8 heteroatoms. The number of hydrogen-bond donors (Lipinski definition) is 2. The van der Waals surface area contributed by atoms with Gasteiger partial charge in [-0.3, -0.25) is 14.9 Å². The smallest absolute Gasteiger partial charge is 0.408 e. The number of rotatable bonds is 8. The van der Waals surface area contributed by atoms with Gasteiger partial charge in [0.15, 0.2) is 0 Å². The quantitative estimate of drug-likeness (QED) is 0.405. The fraction of sp³-hybridized carbons (Fsp3) is 0.167. The second-order valence-corrected chi connectivity index (χ2v) is 7.19. The van der Waals surface area contributed by atoms with Crippen molar-refractivity contribution in [3.63, 3.8) is 0 Å². The number of nitrogens with zero attached hydrogens (tertiary/aromatic N) is 1. The molecule has 3 aromatic rings. The number of nitro groups is 1. The predicted octanol–water partition coefficient (Wildman–Crippen LogP) is 4.38. The van der Waals surface area contributed by atoms with E-state index in [1.807, 2.05) is 60.7 Å². The van der Waals surface area contributed by atoms with E-state index < -0.39 is 23.0 Å². The van der Waals surface area contributed by atoms with Gasteiger partial charge in [-0.15, -0.1) is 0 Å². The second-order valence-electron chi connectivity index (χ2n) is 7.19. The minimum atomic E-state index is -0.945. The monoisotopic (exact) mass is 433 g/mol. The number of nitrogens with one attached hydrogen (secondary N) is 2. The molecule has 1 atom stereocenters. The summed E-state index contributed by atoms with van der Waals surface area (Å²) < 4.78 is 5.25. The fourth-order valence-electron chi connectivity index (χ4n) is 3.04. The summed E-state index contributed by atoms with van der Waals surface area (Å²) in [5.41, 5.74) is 2.49. The number of aryl methyl sites for hydroxylation is 1. The first kappa shape index (κ1) is 22.5. The maximum Gasteiger partial charge on any atom is 0.408 e. The summed E-state index contributed by atoms with van der Waals surface area (Å²) in [4.78, 5) is 35.9. The van der Waals surface area contributed by atoms with Crippen molar-refractivity contribution in [2.75, 3.05) is 5.32 Å². The number of carbonyl (C=O) groups excluding carboxylic acids is 2. The van der Waals surface area contributed by atoms with Crippen molar-refractivity contribution in [2.45, 2.75) is 26.0 Å². The van der Waals surface area contributed by atoms with E-state index in [4.69, 9.17) is 4.74 Å². The molecular formula is C24H23N3O5. The first-order chi connectivity index (χ1) is 15.4. The van der Waals surface area contributed by atoms with Crippen LogP contribution in [0.5, 0.6) is 0 Å². The largest absolute Gasteiger partial charge is 0.445 e. The number of ether oxygens (including phenoxy) is 1.